The van der Waals surface area contributed by atoms with E-state index >= 15 is 0 Å². The lowest BCUT2D eigenvalue weighted by Crippen LogP contribution is -2.48. The van der Waals surface area contributed by atoms with Crippen LogP contribution in [-0.4, -0.2) is 29.4 Å². The molecule has 1 aromatic carbocycles. The molecule has 0 saturated heterocycles. The fourth-order valence-corrected chi connectivity index (χ4v) is 2.51. The Kier molecular flexibility index (Phi) is 4.41. The van der Waals surface area contributed by atoms with Crippen LogP contribution in [0.2, 0.25) is 0 Å². The van der Waals surface area contributed by atoms with Gasteiger partial charge in [-0.1, -0.05) is 12.8 Å². The molecular formula is C14H17N3O5. The third-order valence-corrected chi connectivity index (χ3v) is 3.76. The molecule has 22 heavy (non-hydrogen) atoms. The van der Waals surface area contributed by atoms with Crippen molar-refractivity contribution in [3.63, 3.8) is 0 Å². The minimum atomic E-state index is -0.962. The van der Waals surface area contributed by atoms with Crippen LogP contribution in [0.25, 0.3) is 0 Å². The summed E-state index contributed by atoms with van der Waals surface area (Å²) in [6.45, 7) is 0. The summed E-state index contributed by atoms with van der Waals surface area (Å²) in [5.74, 6) is -1.12. The first-order valence-electron chi connectivity index (χ1n) is 6.84. The van der Waals surface area contributed by atoms with Crippen molar-refractivity contribution in [3.05, 3.63) is 33.9 Å². The standard InChI is InChI=1S/C14H17N3O5/c1-22-12(18)9-6-10(8-11(7-9)17(20)21)16-13(19)14(15)4-2-3-5-14/h6-8H,2-5,15H2,1H3,(H,16,19). The Morgan fingerprint density at radius 1 is 1.32 bits per heavy atom. The molecule has 8 heteroatoms. The van der Waals surface area contributed by atoms with Crippen molar-refractivity contribution >= 4 is 23.3 Å². The van der Waals surface area contributed by atoms with Crippen LogP contribution in [0, 0.1) is 10.1 Å². The van der Waals surface area contributed by atoms with Crippen molar-refractivity contribution in [2.75, 3.05) is 12.4 Å². The number of carbonyl (C=O) groups excluding carboxylic acids is 2. The molecule has 1 aliphatic carbocycles. The molecule has 8 nitrogen and oxygen atoms in total. The van der Waals surface area contributed by atoms with Gasteiger partial charge in [-0.25, -0.2) is 4.79 Å². The second-order valence-electron chi connectivity index (χ2n) is 5.33. The Bertz CT molecular complexity index is 623. The van der Waals surface area contributed by atoms with E-state index in [4.69, 9.17) is 5.73 Å². The molecule has 0 heterocycles. The second-order valence-corrected chi connectivity index (χ2v) is 5.33. The lowest BCUT2D eigenvalue weighted by molar-refractivity contribution is -0.384. The van der Waals surface area contributed by atoms with Crippen molar-refractivity contribution in [3.8, 4) is 0 Å². The molecule has 3 N–H and O–H groups in total. The van der Waals surface area contributed by atoms with Gasteiger partial charge in [0.1, 0.15) is 0 Å². The number of non-ortho nitro benzene ring substituents is 1. The molecule has 0 radical (unpaired) electrons. The highest BCUT2D eigenvalue weighted by molar-refractivity contribution is 6.00. The molecule has 0 spiro atoms. The highest BCUT2D eigenvalue weighted by atomic mass is 16.6. The average Bonchev–Trinajstić information content (AvgIpc) is 2.94. The molecule has 0 aliphatic heterocycles. The van der Waals surface area contributed by atoms with Crippen molar-refractivity contribution in [2.24, 2.45) is 5.73 Å². The van der Waals surface area contributed by atoms with E-state index in [1.807, 2.05) is 0 Å². The van der Waals surface area contributed by atoms with Gasteiger partial charge in [-0.3, -0.25) is 14.9 Å². The summed E-state index contributed by atoms with van der Waals surface area (Å²) in [5.41, 5.74) is 4.90. The molecule has 2 rings (SSSR count). The summed E-state index contributed by atoms with van der Waals surface area (Å²) in [6.07, 6.45) is 2.87. The van der Waals surface area contributed by atoms with E-state index in [2.05, 4.69) is 10.1 Å². The lowest BCUT2D eigenvalue weighted by atomic mass is 9.98. The molecule has 0 bridgehead atoms. The number of hydrogen-bond donors (Lipinski definition) is 2. The first-order chi connectivity index (χ1) is 10.4. The second kappa shape index (κ2) is 6.10. The van der Waals surface area contributed by atoms with Crippen molar-refractivity contribution in [2.45, 2.75) is 31.2 Å². The van der Waals surface area contributed by atoms with Gasteiger partial charge in [0.05, 0.1) is 23.1 Å². The number of esters is 1. The number of rotatable bonds is 4. The molecule has 1 aromatic rings. The highest BCUT2D eigenvalue weighted by Gasteiger charge is 2.37. The number of nitro benzene ring substituents is 1. The van der Waals surface area contributed by atoms with Gasteiger partial charge in [0, 0.05) is 17.8 Å². The predicted octanol–water partition coefficient (Wildman–Crippen LogP) is 1.59. The lowest BCUT2D eigenvalue weighted by Gasteiger charge is -2.22. The molecular weight excluding hydrogens is 290 g/mol. The number of nitrogens with zero attached hydrogens (tertiary/aromatic N) is 1. The fourth-order valence-electron chi connectivity index (χ4n) is 2.51. The molecule has 1 amide bonds. The maximum Gasteiger partial charge on any atom is 0.338 e. The van der Waals surface area contributed by atoms with Crippen LogP contribution in [0.3, 0.4) is 0 Å². The fraction of sp³-hybridized carbons (Fsp3) is 0.429. The van der Waals surface area contributed by atoms with E-state index in [0.717, 1.165) is 18.9 Å². The maximum atomic E-state index is 12.2. The molecule has 0 aromatic heterocycles. The molecule has 0 atom stereocenters. The summed E-state index contributed by atoms with van der Waals surface area (Å²) in [6, 6.07) is 3.60. The molecule has 1 saturated carbocycles. The third kappa shape index (κ3) is 3.22. The zero-order valence-corrected chi connectivity index (χ0v) is 12.1. The number of nitro groups is 1. The van der Waals surface area contributed by atoms with E-state index < -0.39 is 22.3 Å². The number of carbonyl (C=O) groups is 2. The molecule has 0 unspecified atom stereocenters. The average molecular weight is 307 g/mol. The largest absolute Gasteiger partial charge is 0.465 e. The monoisotopic (exact) mass is 307 g/mol. The van der Waals surface area contributed by atoms with E-state index in [1.54, 1.807) is 0 Å². The van der Waals surface area contributed by atoms with E-state index in [-0.39, 0.29) is 16.9 Å². The van der Waals surface area contributed by atoms with Gasteiger partial charge in [0.2, 0.25) is 5.91 Å². The van der Waals surface area contributed by atoms with Crippen LogP contribution in [0.4, 0.5) is 11.4 Å². The summed E-state index contributed by atoms with van der Waals surface area (Å²) in [4.78, 5) is 34.1. The van der Waals surface area contributed by atoms with Crippen LogP contribution >= 0.6 is 0 Å². The molecule has 118 valence electrons. The number of anilines is 1. The van der Waals surface area contributed by atoms with Gasteiger partial charge in [0.25, 0.3) is 5.69 Å². The Morgan fingerprint density at radius 2 is 1.95 bits per heavy atom. The summed E-state index contributed by atoms with van der Waals surface area (Å²) < 4.78 is 4.55. The van der Waals surface area contributed by atoms with Gasteiger partial charge in [0.15, 0.2) is 0 Å². The van der Waals surface area contributed by atoms with Gasteiger partial charge < -0.3 is 15.8 Å². The first kappa shape index (κ1) is 15.9. The number of benzene rings is 1. The minimum absolute atomic E-state index is 0.00973. The molecule has 1 aliphatic rings. The number of methoxy groups -OCH3 is 1. The van der Waals surface area contributed by atoms with E-state index in [0.29, 0.717) is 12.8 Å². The Balaban J connectivity index is 2.29. The zero-order valence-electron chi connectivity index (χ0n) is 12.1. The number of amides is 1. The maximum absolute atomic E-state index is 12.2. The number of hydrogen-bond acceptors (Lipinski definition) is 6. The van der Waals surface area contributed by atoms with Gasteiger partial charge in [-0.05, 0) is 18.9 Å². The molecule has 1 fully saturated rings. The first-order valence-corrected chi connectivity index (χ1v) is 6.84. The Morgan fingerprint density at radius 3 is 2.50 bits per heavy atom. The van der Waals surface area contributed by atoms with Crippen molar-refractivity contribution < 1.29 is 19.2 Å². The van der Waals surface area contributed by atoms with Crippen LogP contribution in [0.5, 0.6) is 0 Å². The van der Waals surface area contributed by atoms with Gasteiger partial charge in [-0.15, -0.1) is 0 Å². The van der Waals surface area contributed by atoms with Crippen LogP contribution < -0.4 is 11.1 Å². The normalized spacial score (nSPS) is 16.1. The number of ether oxygens (including phenoxy) is 1. The Hall–Kier alpha value is -2.48. The van der Waals surface area contributed by atoms with E-state index in [9.17, 15) is 19.7 Å². The van der Waals surface area contributed by atoms with Crippen molar-refractivity contribution in [1.82, 2.24) is 0 Å². The topological polar surface area (TPSA) is 125 Å². The SMILES string of the molecule is COC(=O)c1cc(NC(=O)C2(N)CCCC2)cc([N+](=O)[O-])c1. The number of nitrogens with two attached hydrogens (primary N) is 1. The summed E-state index contributed by atoms with van der Waals surface area (Å²) in [7, 11) is 1.17. The zero-order chi connectivity index (χ0) is 16.3. The minimum Gasteiger partial charge on any atom is -0.465 e. The smallest absolute Gasteiger partial charge is 0.338 e. The highest BCUT2D eigenvalue weighted by Crippen LogP contribution is 2.29. The summed E-state index contributed by atoms with van der Waals surface area (Å²) in [5, 5.41) is 13.5. The van der Waals surface area contributed by atoms with E-state index in [1.165, 1.54) is 19.2 Å². The van der Waals surface area contributed by atoms with Crippen LogP contribution in [0.15, 0.2) is 18.2 Å². The van der Waals surface area contributed by atoms with Crippen LogP contribution in [-0.2, 0) is 9.53 Å². The van der Waals surface area contributed by atoms with Gasteiger partial charge >= 0.3 is 5.97 Å². The Labute approximate surface area is 126 Å². The van der Waals surface area contributed by atoms with Crippen molar-refractivity contribution in [1.29, 1.82) is 0 Å². The predicted molar refractivity (Wildman–Crippen MR) is 78.5 cm³/mol. The summed E-state index contributed by atoms with van der Waals surface area (Å²) >= 11 is 0. The third-order valence-electron chi connectivity index (χ3n) is 3.76. The number of nitrogens with one attached hydrogen (secondary N) is 1. The van der Waals surface area contributed by atoms with Crippen LogP contribution in [0.1, 0.15) is 36.0 Å². The van der Waals surface area contributed by atoms with Gasteiger partial charge in [-0.2, -0.15) is 0 Å². The quantitative estimate of drug-likeness (QED) is 0.494.